The Morgan fingerprint density at radius 1 is 1.19 bits per heavy atom. The molecule has 6 nitrogen and oxygen atoms in total. The van der Waals surface area contributed by atoms with Crippen LogP contribution in [0.1, 0.15) is 0 Å². The van der Waals surface area contributed by atoms with E-state index in [0.29, 0.717) is 29.7 Å². The number of carbonyl (C=O) groups excluding carboxylic acids is 1. The second-order valence-electron chi connectivity index (χ2n) is 5.86. The van der Waals surface area contributed by atoms with Crippen LogP contribution in [0.4, 0.5) is 17.1 Å². The zero-order valence-corrected chi connectivity index (χ0v) is 15.4. The third-order valence-corrected chi connectivity index (χ3v) is 4.37. The first-order valence-electron chi connectivity index (χ1n) is 8.46. The molecular weight excluding hydrogens is 354 g/mol. The SMILES string of the molecule is COc1ccc(Cl)cc1NCC(=O)Nc1ccccc1N1CCOCC1. The van der Waals surface area contributed by atoms with Crippen molar-refractivity contribution in [1.29, 1.82) is 0 Å². The highest BCUT2D eigenvalue weighted by Crippen LogP contribution is 2.28. The molecule has 3 rings (SSSR count). The number of carbonyl (C=O) groups is 1. The van der Waals surface area contributed by atoms with Crippen LogP contribution < -0.4 is 20.3 Å². The third-order valence-electron chi connectivity index (χ3n) is 4.13. The smallest absolute Gasteiger partial charge is 0.243 e. The fourth-order valence-electron chi connectivity index (χ4n) is 2.85. The Hall–Kier alpha value is -2.44. The number of rotatable bonds is 6. The summed E-state index contributed by atoms with van der Waals surface area (Å²) in [6, 6.07) is 13.0. The van der Waals surface area contributed by atoms with Crippen LogP contribution in [0.2, 0.25) is 5.02 Å². The van der Waals surface area contributed by atoms with Crippen LogP contribution in [0.3, 0.4) is 0 Å². The van der Waals surface area contributed by atoms with Gasteiger partial charge in [0.15, 0.2) is 0 Å². The van der Waals surface area contributed by atoms with E-state index in [0.717, 1.165) is 24.5 Å². The largest absolute Gasteiger partial charge is 0.495 e. The molecule has 0 spiro atoms. The number of nitrogens with zero attached hydrogens (tertiary/aromatic N) is 1. The molecule has 7 heteroatoms. The summed E-state index contributed by atoms with van der Waals surface area (Å²) < 4.78 is 10.7. The van der Waals surface area contributed by atoms with Gasteiger partial charge in [-0.25, -0.2) is 0 Å². The summed E-state index contributed by atoms with van der Waals surface area (Å²) in [5.74, 6) is 0.489. The monoisotopic (exact) mass is 375 g/mol. The first-order valence-corrected chi connectivity index (χ1v) is 8.84. The summed E-state index contributed by atoms with van der Waals surface area (Å²) in [6.45, 7) is 3.11. The molecule has 1 heterocycles. The molecule has 2 aromatic rings. The Kier molecular flexibility index (Phi) is 6.20. The van der Waals surface area contributed by atoms with Gasteiger partial charge in [-0.05, 0) is 30.3 Å². The number of benzene rings is 2. The number of para-hydroxylation sites is 2. The Balaban J connectivity index is 1.65. The number of hydrogen-bond donors (Lipinski definition) is 2. The van der Waals surface area contributed by atoms with Crippen molar-refractivity contribution in [2.45, 2.75) is 0 Å². The minimum atomic E-state index is -0.146. The topological polar surface area (TPSA) is 62.8 Å². The van der Waals surface area contributed by atoms with E-state index >= 15 is 0 Å². The van der Waals surface area contributed by atoms with E-state index in [2.05, 4.69) is 15.5 Å². The molecule has 138 valence electrons. The molecule has 0 bridgehead atoms. The Bertz CT molecular complexity index is 763. The van der Waals surface area contributed by atoms with Crippen molar-refractivity contribution in [3.05, 3.63) is 47.5 Å². The fraction of sp³-hybridized carbons (Fsp3) is 0.316. The molecule has 0 saturated carbocycles. The average molecular weight is 376 g/mol. The Morgan fingerprint density at radius 2 is 1.96 bits per heavy atom. The van der Waals surface area contributed by atoms with Gasteiger partial charge in [-0.2, -0.15) is 0 Å². The maximum atomic E-state index is 12.4. The number of ether oxygens (including phenoxy) is 2. The third kappa shape index (κ3) is 4.59. The molecule has 0 atom stereocenters. The zero-order valence-electron chi connectivity index (χ0n) is 14.6. The van der Waals surface area contributed by atoms with Crippen molar-refractivity contribution in [3.8, 4) is 5.75 Å². The summed E-state index contributed by atoms with van der Waals surface area (Å²) in [5, 5.41) is 6.62. The van der Waals surface area contributed by atoms with Gasteiger partial charge in [0.1, 0.15) is 5.75 Å². The summed E-state index contributed by atoms with van der Waals surface area (Å²) in [4.78, 5) is 14.6. The predicted octanol–water partition coefficient (Wildman–Crippen LogP) is 3.24. The predicted molar refractivity (Wildman–Crippen MR) is 105 cm³/mol. The number of hydrogen-bond acceptors (Lipinski definition) is 5. The molecule has 2 aromatic carbocycles. The summed E-state index contributed by atoms with van der Waals surface area (Å²) in [7, 11) is 1.58. The zero-order chi connectivity index (χ0) is 18.4. The van der Waals surface area contributed by atoms with E-state index in [1.165, 1.54) is 0 Å². The van der Waals surface area contributed by atoms with E-state index in [1.54, 1.807) is 25.3 Å². The number of anilines is 3. The Labute approximate surface area is 158 Å². The van der Waals surface area contributed by atoms with Crippen molar-refractivity contribution in [2.75, 3.05) is 55.5 Å². The lowest BCUT2D eigenvalue weighted by Gasteiger charge is -2.30. The van der Waals surface area contributed by atoms with Crippen LogP contribution in [0.5, 0.6) is 5.75 Å². The molecular formula is C19H22ClN3O3. The normalized spacial score (nSPS) is 14.0. The summed E-state index contributed by atoms with van der Waals surface area (Å²) in [5.41, 5.74) is 2.47. The van der Waals surface area contributed by atoms with Gasteiger partial charge in [0.05, 0.1) is 43.9 Å². The molecule has 0 aromatic heterocycles. The molecule has 1 aliphatic heterocycles. The van der Waals surface area contributed by atoms with E-state index in [1.807, 2.05) is 24.3 Å². The highest BCUT2D eigenvalue weighted by molar-refractivity contribution is 6.31. The average Bonchev–Trinajstić information content (AvgIpc) is 2.67. The van der Waals surface area contributed by atoms with Crippen LogP contribution in [0.25, 0.3) is 0 Å². The Morgan fingerprint density at radius 3 is 2.73 bits per heavy atom. The minimum absolute atomic E-state index is 0.105. The van der Waals surface area contributed by atoms with Crippen LogP contribution >= 0.6 is 11.6 Å². The van der Waals surface area contributed by atoms with Gasteiger partial charge >= 0.3 is 0 Å². The summed E-state index contributed by atoms with van der Waals surface area (Å²) in [6.07, 6.45) is 0. The van der Waals surface area contributed by atoms with Crippen molar-refractivity contribution in [3.63, 3.8) is 0 Å². The molecule has 1 aliphatic rings. The summed E-state index contributed by atoms with van der Waals surface area (Å²) >= 11 is 6.01. The van der Waals surface area contributed by atoms with E-state index in [-0.39, 0.29) is 12.5 Å². The van der Waals surface area contributed by atoms with Gasteiger partial charge in [0.2, 0.25) is 5.91 Å². The van der Waals surface area contributed by atoms with Gasteiger partial charge in [0, 0.05) is 18.1 Å². The molecule has 0 unspecified atom stereocenters. The molecule has 0 aliphatic carbocycles. The van der Waals surface area contributed by atoms with Crippen LogP contribution in [0.15, 0.2) is 42.5 Å². The minimum Gasteiger partial charge on any atom is -0.495 e. The highest BCUT2D eigenvalue weighted by atomic mass is 35.5. The second kappa shape index (κ2) is 8.78. The van der Waals surface area contributed by atoms with Crippen molar-refractivity contribution < 1.29 is 14.3 Å². The van der Waals surface area contributed by atoms with Crippen LogP contribution in [-0.4, -0.2) is 45.9 Å². The quantitative estimate of drug-likeness (QED) is 0.811. The maximum Gasteiger partial charge on any atom is 0.243 e. The van der Waals surface area contributed by atoms with Gasteiger partial charge in [0.25, 0.3) is 0 Å². The molecule has 1 saturated heterocycles. The molecule has 26 heavy (non-hydrogen) atoms. The van der Waals surface area contributed by atoms with Crippen LogP contribution in [-0.2, 0) is 9.53 Å². The maximum absolute atomic E-state index is 12.4. The molecule has 2 N–H and O–H groups in total. The van der Waals surface area contributed by atoms with E-state index in [9.17, 15) is 4.79 Å². The van der Waals surface area contributed by atoms with E-state index < -0.39 is 0 Å². The first kappa shape index (κ1) is 18.4. The van der Waals surface area contributed by atoms with Gasteiger partial charge in [-0.3, -0.25) is 4.79 Å². The first-order chi connectivity index (χ1) is 12.7. The standard InChI is InChI=1S/C19H22ClN3O3/c1-25-18-7-6-14(20)12-16(18)21-13-19(24)22-15-4-2-3-5-17(15)23-8-10-26-11-9-23/h2-7,12,21H,8-11,13H2,1H3,(H,22,24). The second-order valence-corrected chi connectivity index (χ2v) is 6.30. The number of methoxy groups -OCH3 is 1. The van der Waals surface area contributed by atoms with Gasteiger partial charge < -0.3 is 25.0 Å². The van der Waals surface area contributed by atoms with Crippen molar-refractivity contribution in [2.24, 2.45) is 0 Å². The van der Waals surface area contributed by atoms with Crippen molar-refractivity contribution >= 4 is 34.6 Å². The number of amides is 1. The molecule has 0 radical (unpaired) electrons. The highest BCUT2D eigenvalue weighted by Gasteiger charge is 2.16. The number of morpholine rings is 1. The van der Waals surface area contributed by atoms with E-state index in [4.69, 9.17) is 21.1 Å². The van der Waals surface area contributed by atoms with Gasteiger partial charge in [-0.1, -0.05) is 23.7 Å². The lowest BCUT2D eigenvalue weighted by molar-refractivity contribution is -0.114. The fourth-order valence-corrected chi connectivity index (χ4v) is 3.02. The van der Waals surface area contributed by atoms with Crippen molar-refractivity contribution in [1.82, 2.24) is 0 Å². The lowest BCUT2D eigenvalue weighted by Crippen LogP contribution is -2.37. The molecule has 1 fully saturated rings. The lowest BCUT2D eigenvalue weighted by atomic mass is 10.2. The van der Waals surface area contributed by atoms with Crippen LogP contribution in [0, 0.1) is 0 Å². The van der Waals surface area contributed by atoms with Gasteiger partial charge in [-0.15, -0.1) is 0 Å². The number of halogens is 1. The number of nitrogens with one attached hydrogen (secondary N) is 2. The molecule has 1 amide bonds.